The lowest BCUT2D eigenvalue weighted by atomic mass is 10.0. The minimum atomic E-state index is -0.589. The highest BCUT2D eigenvalue weighted by molar-refractivity contribution is 7.99. The molecule has 0 bridgehead atoms. The Morgan fingerprint density at radius 2 is 1.56 bits per heavy atom. The second-order valence-corrected chi connectivity index (χ2v) is 10.4. The van der Waals surface area contributed by atoms with Crippen molar-refractivity contribution in [2.24, 2.45) is 0 Å². The Bertz CT molecular complexity index is 1110. The zero-order valence-corrected chi connectivity index (χ0v) is 22.7. The minimum Gasteiger partial charge on any atom is -0.352 e. The van der Waals surface area contributed by atoms with Crippen molar-refractivity contribution in [2.45, 2.75) is 64.9 Å². The van der Waals surface area contributed by atoms with Crippen LogP contribution in [0.25, 0.3) is 0 Å². The van der Waals surface area contributed by atoms with Crippen LogP contribution in [0.3, 0.4) is 0 Å². The predicted molar refractivity (Wildman–Crippen MR) is 151 cm³/mol. The summed E-state index contributed by atoms with van der Waals surface area (Å²) in [6.45, 7) is 8.58. The molecule has 4 nitrogen and oxygen atoms in total. The van der Waals surface area contributed by atoms with E-state index in [1.165, 1.54) is 11.1 Å². The van der Waals surface area contributed by atoms with E-state index in [0.29, 0.717) is 18.7 Å². The van der Waals surface area contributed by atoms with E-state index in [1.54, 1.807) is 16.7 Å². The highest BCUT2D eigenvalue weighted by Gasteiger charge is 2.31. The van der Waals surface area contributed by atoms with Gasteiger partial charge < -0.3 is 10.2 Å². The molecule has 190 valence electrons. The largest absolute Gasteiger partial charge is 0.352 e. The van der Waals surface area contributed by atoms with Crippen molar-refractivity contribution in [3.05, 3.63) is 107 Å². The molecule has 0 saturated carbocycles. The summed E-state index contributed by atoms with van der Waals surface area (Å²) in [5.74, 6) is 0.961. The molecule has 0 spiro atoms. The summed E-state index contributed by atoms with van der Waals surface area (Å²) in [7, 11) is 0. The number of hydrogen-bond donors (Lipinski definition) is 1. The van der Waals surface area contributed by atoms with E-state index in [2.05, 4.69) is 56.4 Å². The second-order valence-electron chi connectivity index (χ2n) is 9.45. The fourth-order valence-electron chi connectivity index (χ4n) is 3.99. The van der Waals surface area contributed by atoms with Crippen LogP contribution in [0.5, 0.6) is 0 Å². The van der Waals surface area contributed by atoms with Gasteiger partial charge in [-0.15, -0.1) is 11.8 Å². The molecule has 3 rings (SSSR count). The first-order valence-electron chi connectivity index (χ1n) is 12.7. The van der Waals surface area contributed by atoms with Gasteiger partial charge in [0.1, 0.15) is 6.04 Å². The maximum Gasteiger partial charge on any atom is 0.243 e. The molecule has 0 saturated heterocycles. The van der Waals surface area contributed by atoms with Crippen LogP contribution >= 0.6 is 11.8 Å². The van der Waals surface area contributed by atoms with Crippen LogP contribution < -0.4 is 5.32 Å². The lowest BCUT2D eigenvalue weighted by molar-refractivity contribution is -0.139. The number of nitrogens with one attached hydrogen (secondary N) is 1. The van der Waals surface area contributed by atoms with E-state index < -0.39 is 6.04 Å². The van der Waals surface area contributed by atoms with Gasteiger partial charge in [0.25, 0.3) is 0 Å². The fourth-order valence-corrected chi connectivity index (χ4v) is 4.86. The number of thioether (sulfide) groups is 1. The Morgan fingerprint density at radius 3 is 2.22 bits per heavy atom. The summed E-state index contributed by atoms with van der Waals surface area (Å²) in [6.07, 6.45) is 1.31. The number of hydrogen-bond acceptors (Lipinski definition) is 3. The number of rotatable bonds is 12. The molecule has 3 aromatic rings. The van der Waals surface area contributed by atoms with Gasteiger partial charge in [-0.1, -0.05) is 91.3 Å². The van der Waals surface area contributed by atoms with Crippen LogP contribution in [-0.2, 0) is 28.3 Å². The normalized spacial score (nSPS) is 12.6. The Labute approximate surface area is 220 Å². The molecule has 1 N–H and O–H groups in total. The third-order valence-corrected chi connectivity index (χ3v) is 7.48. The molecule has 0 aliphatic heterocycles. The first-order valence-corrected chi connectivity index (χ1v) is 13.8. The Balaban J connectivity index is 1.86. The fraction of sp³-hybridized carbons (Fsp3) is 0.355. The molecule has 0 aliphatic rings. The van der Waals surface area contributed by atoms with E-state index in [-0.39, 0.29) is 17.9 Å². The SMILES string of the molecule is CC[C@@H](C)NC(=O)[C@H](Cc1ccccc1)N(Cc1ccccc1C)C(=O)CSCc1ccc(C)cc1. The van der Waals surface area contributed by atoms with Crippen molar-refractivity contribution in [3.63, 3.8) is 0 Å². The van der Waals surface area contributed by atoms with Crippen molar-refractivity contribution < 1.29 is 9.59 Å². The molecule has 5 heteroatoms. The number of carbonyl (C=O) groups excluding carboxylic acids is 2. The highest BCUT2D eigenvalue weighted by atomic mass is 32.2. The molecule has 2 atom stereocenters. The van der Waals surface area contributed by atoms with Crippen LogP contribution in [-0.4, -0.2) is 34.6 Å². The van der Waals surface area contributed by atoms with Gasteiger partial charge in [-0.05, 0) is 49.4 Å². The monoisotopic (exact) mass is 502 g/mol. The first kappa shape index (κ1) is 27.5. The molecule has 0 radical (unpaired) electrons. The molecular formula is C31H38N2O2S. The smallest absolute Gasteiger partial charge is 0.243 e. The average Bonchev–Trinajstić information content (AvgIpc) is 2.88. The summed E-state index contributed by atoms with van der Waals surface area (Å²) in [6, 6.07) is 25.9. The van der Waals surface area contributed by atoms with Crippen LogP contribution in [0.15, 0.2) is 78.9 Å². The first-order chi connectivity index (χ1) is 17.4. The zero-order chi connectivity index (χ0) is 25.9. The van der Waals surface area contributed by atoms with Gasteiger partial charge in [-0.25, -0.2) is 0 Å². The van der Waals surface area contributed by atoms with E-state index in [4.69, 9.17) is 0 Å². The number of aryl methyl sites for hydroxylation is 2. The van der Waals surface area contributed by atoms with Gasteiger partial charge in [0.2, 0.25) is 11.8 Å². The minimum absolute atomic E-state index is 0.0180. The molecule has 0 aromatic heterocycles. The van der Waals surface area contributed by atoms with Crippen LogP contribution in [0.4, 0.5) is 0 Å². The number of nitrogens with zero attached hydrogens (tertiary/aromatic N) is 1. The number of amides is 2. The van der Waals surface area contributed by atoms with Gasteiger partial charge in [-0.3, -0.25) is 9.59 Å². The Kier molecular flexibility index (Phi) is 10.6. The molecule has 0 aliphatic carbocycles. The number of carbonyl (C=O) groups is 2. The maximum absolute atomic E-state index is 13.7. The standard InChI is InChI=1S/C31H38N2O2S/c1-5-25(4)32-31(35)29(19-26-12-7-6-8-13-26)33(20-28-14-10-9-11-24(28)3)30(34)22-36-21-27-17-15-23(2)16-18-27/h6-18,25,29H,5,19-22H2,1-4H3,(H,32,35)/t25-,29+/m1/s1. The van der Waals surface area contributed by atoms with Crippen molar-refractivity contribution in [1.82, 2.24) is 10.2 Å². The van der Waals surface area contributed by atoms with Crippen LogP contribution in [0, 0.1) is 13.8 Å². The summed E-state index contributed by atoms with van der Waals surface area (Å²) >= 11 is 1.59. The molecule has 2 amide bonds. The maximum atomic E-state index is 13.7. The zero-order valence-electron chi connectivity index (χ0n) is 21.9. The number of benzene rings is 3. The quantitative estimate of drug-likeness (QED) is 0.326. The van der Waals surface area contributed by atoms with Crippen molar-refractivity contribution in [3.8, 4) is 0 Å². The Morgan fingerprint density at radius 1 is 0.889 bits per heavy atom. The Hall–Kier alpha value is -3.05. The van der Waals surface area contributed by atoms with Crippen LogP contribution in [0.1, 0.15) is 48.1 Å². The van der Waals surface area contributed by atoms with E-state index >= 15 is 0 Å². The topological polar surface area (TPSA) is 49.4 Å². The van der Waals surface area contributed by atoms with Crippen LogP contribution in [0.2, 0.25) is 0 Å². The molecule has 0 fully saturated rings. The third kappa shape index (κ3) is 8.27. The highest BCUT2D eigenvalue weighted by Crippen LogP contribution is 2.20. The predicted octanol–water partition coefficient (Wildman–Crippen LogP) is 6.09. The van der Waals surface area contributed by atoms with Gasteiger partial charge in [0, 0.05) is 24.8 Å². The molecule has 3 aromatic carbocycles. The van der Waals surface area contributed by atoms with Crippen molar-refractivity contribution in [1.29, 1.82) is 0 Å². The average molecular weight is 503 g/mol. The summed E-state index contributed by atoms with van der Waals surface area (Å²) in [4.78, 5) is 29.1. The van der Waals surface area contributed by atoms with Gasteiger partial charge in [-0.2, -0.15) is 0 Å². The summed E-state index contributed by atoms with van der Waals surface area (Å²) in [5.41, 5.74) is 5.63. The lowest BCUT2D eigenvalue weighted by Crippen LogP contribution is -2.52. The third-order valence-electron chi connectivity index (χ3n) is 6.49. The molecule has 0 heterocycles. The van der Waals surface area contributed by atoms with Crippen molar-refractivity contribution in [2.75, 3.05) is 5.75 Å². The molecule has 36 heavy (non-hydrogen) atoms. The van der Waals surface area contributed by atoms with Gasteiger partial charge in [0.15, 0.2) is 0 Å². The van der Waals surface area contributed by atoms with E-state index in [9.17, 15) is 9.59 Å². The van der Waals surface area contributed by atoms with E-state index in [0.717, 1.165) is 28.9 Å². The molecular weight excluding hydrogens is 464 g/mol. The lowest BCUT2D eigenvalue weighted by Gasteiger charge is -2.32. The van der Waals surface area contributed by atoms with Gasteiger partial charge in [0.05, 0.1) is 5.75 Å². The van der Waals surface area contributed by atoms with Gasteiger partial charge >= 0.3 is 0 Å². The summed E-state index contributed by atoms with van der Waals surface area (Å²) < 4.78 is 0. The second kappa shape index (κ2) is 13.9. The summed E-state index contributed by atoms with van der Waals surface area (Å²) in [5, 5.41) is 3.13. The molecule has 0 unspecified atom stereocenters. The van der Waals surface area contributed by atoms with E-state index in [1.807, 2.05) is 55.5 Å². The van der Waals surface area contributed by atoms with Crippen molar-refractivity contribution >= 4 is 23.6 Å².